The van der Waals surface area contributed by atoms with Crippen LogP contribution in [0.25, 0.3) is 11.1 Å². The quantitative estimate of drug-likeness (QED) is 0.201. The van der Waals surface area contributed by atoms with Crippen LogP contribution in [0.4, 0.5) is 10.5 Å². The van der Waals surface area contributed by atoms with Crippen LogP contribution >= 0.6 is 0 Å². The highest BCUT2D eigenvalue weighted by atomic mass is 16.5. The summed E-state index contributed by atoms with van der Waals surface area (Å²) in [6, 6.07) is 34.6. The van der Waals surface area contributed by atoms with Crippen molar-refractivity contribution in [3.63, 3.8) is 0 Å². The second-order valence-electron chi connectivity index (χ2n) is 9.79. The molecule has 0 atom stereocenters. The van der Waals surface area contributed by atoms with Crippen molar-refractivity contribution in [2.75, 3.05) is 31.7 Å². The van der Waals surface area contributed by atoms with Gasteiger partial charge in [-0.25, -0.2) is 9.59 Å². The first-order chi connectivity index (χ1) is 20.6. The van der Waals surface area contributed by atoms with Crippen LogP contribution < -0.4 is 15.4 Å². The second kappa shape index (κ2) is 14.4. The summed E-state index contributed by atoms with van der Waals surface area (Å²) in [5, 5.41) is 5.73. The molecule has 2 amide bonds. The maximum Gasteiger partial charge on any atom is 0.339 e. The zero-order chi connectivity index (χ0) is 29.0. The van der Waals surface area contributed by atoms with Crippen molar-refractivity contribution in [1.82, 2.24) is 10.2 Å². The van der Waals surface area contributed by atoms with E-state index in [-0.39, 0.29) is 18.7 Å². The van der Waals surface area contributed by atoms with Crippen molar-refractivity contribution in [2.24, 2.45) is 0 Å². The first kappa shape index (κ1) is 28.2. The van der Waals surface area contributed by atoms with Gasteiger partial charge in [0.25, 0.3) is 0 Å². The van der Waals surface area contributed by atoms with Crippen LogP contribution in [0.5, 0.6) is 5.75 Å². The average Bonchev–Trinajstić information content (AvgIpc) is 3.05. The molecule has 4 aromatic carbocycles. The Morgan fingerprint density at radius 3 is 2.31 bits per heavy atom. The molecule has 0 unspecified atom stereocenters. The Labute approximate surface area is 246 Å². The number of nitrogens with one attached hydrogen (secondary N) is 2. The number of allylic oxidation sites excluding steroid dienone is 2. The topological polar surface area (TPSA) is 79.9 Å². The number of nitrogens with zero attached hydrogens (tertiary/aromatic N) is 1. The molecule has 1 aliphatic heterocycles. The van der Waals surface area contributed by atoms with E-state index >= 15 is 0 Å². The Balaban J connectivity index is 1.02. The van der Waals surface area contributed by atoms with Crippen LogP contribution in [0.3, 0.4) is 0 Å². The lowest BCUT2D eigenvalue weighted by Crippen LogP contribution is -2.34. The third kappa shape index (κ3) is 8.11. The van der Waals surface area contributed by atoms with Gasteiger partial charge >= 0.3 is 12.0 Å². The number of urea groups is 1. The van der Waals surface area contributed by atoms with E-state index in [9.17, 15) is 9.59 Å². The first-order valence-corrected chi connectivity index (χ1v) is 13.9. The molecule has 0 bridgehead atoms. The molecular formula is C35H33N3O4. The molecule has 0 radical (unpaired) electrons. The number of hydrogen-bond acceptors (Lipinski definition) is 5. The van der Waals surface area contributed by atoms with E-state index in [0.29, 0.717) is 30.9 Å². The highest BCUT2D eigenvalue weighted by Gasteiger charge is 2.13. The molecule has 212 valence electrons. The summed E-state index contributed by atoms with van der Waals surface area (Å²) < 4.78 is 11.4. The fourth-order valence-electron chi connectivity index (χ4n) is 4.59. The number of amides is 2. The molecule has 1 aliphatic rings. The number of esters is 1. The van der Waals surface area contributed by atoms with E-state index in [1.54, 1.807) is 24.3 Å². The molecule has 0 aliphatic carbocycles. The highest BCUT2D eigenvalue weighted by molar-refractivity contribution is 5.89. The van der Waals surface area contributed by atoms with Crippen molar-refractivity contribution < 1.29 is 19.1 Å². The van der Waals surface area contributed by atoms with E-state index in [4.69, 9.17) is 9.47 Å². The van der Waals surface area contributed by atoms with E-state index < -0.39 is 0 Å². The van der Waals surface area contributed by atoms with Gasteiger partial charge in [-0.1, -0.05) is 78.9 Å². The molecular weight excluding hydrogens is 526 g/mol. The number of carbonyl (C=O) groups excluding carboxylic acids is 2. The minimum absolute atomic E-state index is 0.127. The van der Waals surface area contributed by atoms with Crippen molar-refractivity contribution in [3.05, 3.63) is 144 Å². The molecule has 0 aromatic heterocycles. The molecule has 7 nitrogen and oxygen atoms in total. The normalized spacial score (nSPS) is 12.3. The number of hydrogen-bond donors (Lipinski definition) is 2. The lowest BCUT2D eigenvalue weighted by atomic mass is 9.98. The predicted octanol–water partition coefficient (Wildman–Crippen LogP) is 6.67. The third-order valence-electron chi connectivity index (χ3n) is 6.74. The van der Waals surface area contributed by atoms with Crippen LogP contribution in [0.1, 0.15) is 15.9 Å². The van der Waals surface area contributed by atoms with Gasteiger partial charge < -0.3 is 25.0 Å². The van der Waals surface area contributed by atoms with E-state index in [1.807, 2.05) is 71.8 Å². The van der Waals surface area contributed by atoms with Crippen molar-refractivity contribution in [2.45, 2.75) is 6.42 Å². The second-order valence-corrected chi connectivity index (χ2v) is 9.79. The van der Waals surface area contributed by atoms with Gasteiger partial charge in [-0.05, 0) is 64.7 Å². The van der Waals surface area contributed by atoms with E-state index in [0.717, 1.165) is 17.7 Å². The molecule has 5 rings (SSSR count). The summed E-state index contributed by atoms with van der Waals surface area (Å²) in [7, 11) is 0. The Morgan fingerprint density at radius 2 is 1.52 bits per heavy atom. The Bertz CT molecular complexity index is 1530. The zero-order valence-corrected chi connectivity index (χ0v) is 23.2. The lowest BCUT2D eigenvalue weighted by molar-refractivity contribution is 0.0324. The molecule has 42 heavy (non-hydrogen) atoms. The van der Waals surface area contributed by atoms with Gasteiger partial charge in [-0.2, -0.15) is 0 Å². The Kier molecular flexibility index (Phi) is 9.66. The molecule has 0 fully saturated rings. The summed E-state index contributed by atoms with van der Waals surface area (Å²) in [6.45, 7) is 1.58. The number of ether oxygens (including phenoxy) is 2. The van der Waals surface area contributed by atoms with Crippen molar-refractivity contribution in [3.8, 4) is 16.9 Å². The zero-order valence-electron chi connectivity index (χ0n) is 23.2. The Morgan fingerprint density at radius 1 is 0.810 bits per heavy atom. The van der Waals surface area contributed by atoms with Gasteiger partial charge in [-0.3, -0.25) is 0 Å². The molecule has 1 heterocycles. The summed E-state index contributed by atoms with van der Waals surface area (Å²) in [5.74, 6) is 0.368. The van der Waals surface area contributed by atoms with E-state index in [1.165, 1.54) is 16.7 Å². The average molecular weight is 560 g/mol. The maximum atomic E-state index is 12.5. The molecule has 0 saturated heterocycles. The van der Waals surface area contributed by atoms with Crippen LogP contribution in [0.2, 0.25) is 0 Å². The molecule has 2 N–H and O–H groups in total. The fraction of sp³-hybridized carbons (Fsp3) is 0.143. The van der Waals surface area contributed by atoms with E-state index in [2.05, 4.69) is 47.0 Å². The van der Waals surface area contributed by atoms with Crippen LogP contribution in [-0.4, -0.2) is 43.3 Å². The number of rotatable bonds is 11. The molecule has 0 spiro atoms. The van der Waals surface area contributed by atoms with Crippen molar-refractivity contribution >= 4 is 17.7 Å². The number of benzene rings is 4. The molecule has 4 aromatic rings. The van der Waals surface area contributed by atoms with Crippen LogP contribution in [-0.2, 0) is 11.2 Å². The smallest absolute Gasteiger partial charge is 0.339 e. The van der Waals surface area contributed by atoms with Gasteiger partial charge in [-0.15, -0.1) is 0 Å². The summed E-state index contributed by atoms with van der Waals surface area (Å²) >= 11 is 0. The summed E-state index contributed by atoms with van der Waals surface area (Å²) in [6.07, 6.45) is 6.45. The summed E-state index contributed by atoms with van der Waals surface area (Å²) in [4.78, 5) is 26.5. The van der Waals surface area contributed by atoms with Crippen LogP contribution in [0, 0.1) is 0 Å². The van der Waals surface area contributed by atoms with Gasteiger partial charge in [0.2, 0.25) is 0 Å². The highest BCUT2D eigenvalue weighted by Crippen LogP contribution is 2.24. The third-order valence-corrected chi connectivity index (χ3v) is 6.74. The van der Waals surface area contributed by atoms with Gasteiger partial charge in [0, 0.05) is 31.4 Å². The minimum Gasteiger partial charge on any atom is -0.493 e. The minimum atomic E-state index is -0.373. The van der Waals surface area contributed by atoms with Gasteiger partial charge in [0.1, 0.15) is 5.75 Å². The van der Waals surface area contributed by atoms with Crippen molar-refractivity contribution in [1.29, 1.82) is 0 Å². The van der Waals surface area contributed by atoms with Gasteiger partial charge in [0.05, 0.1) is 12.2 Å². The first-order valence-electron chi connectivity index (χ1n) is 13.9. The maximum absolute atomic E-state index is 12.5. The number of carbonyl (C=O) groups is 2. The van der Waals surface area contributed by atoms with Gasteiger partial charge in [0.15, 0.2) is 6.73 Å². The van der Waals surface area contributed by atoms with Crippen LogP contribution in [0.15, 0.2) is 133 Å². The standard InChI is InChI=1S/C35H33N3O4/c39-34(30-14-5-2-6-15-30)42-26-38-22-9-10-27(25-38)24-36-35(40)37-31-17-19-32(20-18-31)41-23-21-29-13-7-8-16-33(29)28-11-3-1-4-12-28/h1-20,22H,21,23-26H2,(H2,36,37,40). The lowest BCUT2D eigenvalue weighted by Gasteiger charge is -2.24. The fourth-order valence-corrected chi connectivity index (χ4v) is 4.59. The monoisotopic (exact) mass is 559 g/mol. The Hall–Kier alpha value is -5.30. The predicted molar refractivity (Wildman–Crippen MR) is 165 cm³/mol. The molecule has 7 heteroatoms. The largest absolute Gasteiger partial charge is 0.493 e. The number of anilines is 1. The molecule has 0 saturated carbocycles. The summed E-state index contributed by atoms with van der Waals surface area (Å²) in [5.41, 5.74) is 5.81. The SMILES string of the molecule is O=C(NCC1=CC=CN(COC(=O)c2ccccc2)C1)Nc1ccc(OCCc2ccccc2-c2ccccc2)cc1.